The van der Waals surface area contributed by atoms with E-state index in [0.29, 0.717) is 0 Å². The summed E-state index contributed by atoms with van der Waals surface area (Å²) in [6.07, 6.45) is 0. The summed E-state index contributed by atoms with van der Waals surface area (Å²) >= 11 is 0. The van der Waals surface area contributed by atoms with Crippen molar-refractivity contribution < 1.29 is 14.4 Å². The van der Waals surface area contributed by atoms with Crippen LogP contribution in [0.1, 0.15) is 13.8 Å². The van der Waals surface area contributed by atoms with Crippen molar-refractivity contribution in [3.63, 3.8) is 0 Å². The van der Waals surface area contributed by atoms with Crippen molar-refractivity contribution >= 4 is 23.7 Å². The normalized spacial score (nSPS) is 13.6. The zero-order valence-electron chi connectivity index (χ0n) is 8.98. The van der Waals surface area contributed by atoms with E-state index in [9.17, 15) is 14.4 Å². The lowest BCUT2D eigenvalue weighted by Crippen LogP contribution is -2.34. The minimum Gasteiger partial charge on any atom is -0.350 e. The summed E-state index contributed by atoms with van der Waals surface area (Å²) in [7, 11) is 0. The van der Waals surface area contributed by atoms with Crippen molar-refractivity contribution in [2.75, 3.05) is 6.54 Å². The molecule has 1 fully saturated rings. The predicted octanol–water partition coefficient (Wildman–Crippen LogP) is -1.54. The summed E-state index contributed by atoms with van der Waals surface area (Å²) < 4.78 is 0. The van der Waals surface area contributed by atoms with E-state index in [0.717, 1.165) is 10.7 Å². The summed E-state index contributed by atoms with van der Waals surface area (Å²) in [4.78, 5) is 30.4. The molecule has 90 valence electrons. The topological polar surface area (TPSA) is 143 Å². The number of hydrazone groups is 1. The first-order chi connectivity index (χ1) is 7.32. The molecule has 0 saturated carbocycles. The molecule has 0 atom stereocenters. The van der Waals surface area contributed by atoms with E-state index in [1.165, 1.54) is 0 Å². The number of hydrogen-bond donors (Lipinski definition) is 4. The lowest BCUT2D eigenvalue weighted by atomic mass is 10.5. The molecule has 0 aromatic rings. The Balaban J connectivity index is 0.000000281. The molecular weight excluding hydrogens is 216 g/mol. The molecule has 9 nitrogen and oxygen atoms in total. The van der Waals surface area contributed by atoms with Crippen molar-refractivity contribution in [3.8, 4) is 0 Å². The first-order valence-corrected chi connectivity index (χ1v) is 4.25. The first-order valence-electron chi connectivity index (χ1n) is 4.25. The van der Waals surface area contributed by atoms with E-state index >= 15 is 0 Å². The molecular formula is C7H14N6O3. The average molecular weight is 230 g/mol. The Morgan fingerprint density at radius 1 is 1.50 bits per heavy atom. The van der Waals surface area contributed by atoms with Crippen LogP contribution in [-0.4, -0.2) is 35.2 Å². The molecule has 9 heteroatoms. The van der Waals surface area contributed by atoms with Gasteiger partial charge in [0.1, 0.15) is 6.54 Å². The second-order valence-electron chi connectivity index (χ2n) is 3.02. The Morgan fingerprint density at radius 3 is 2.19 bits per heavy atom. The molecule has 1 saturated heterocycles. The smallest absolute Gasteiger partial charge is 0.338 e. The maximum Gasteiger partial charge on any atom is 0.338 e. The molecule has 0 spiro atoms. The number of carbonyl (C=O) groups is 3. The van der Waals surface area contributed by atoms with E-state index < -0.39 is 12.1 Å². The number of nitrogens with zero attached hydrogens (tertiary/aromatic N) is 2. The van der Waals surface area contributed by atoms with Gasteiger partial charge in [-0.25, -0.2) is 20.9 Å². The number of amides is 5. The second kappa shape index (κ2) is 6.35. The van der Waals surface area contributed by atoms with Gasteiger partial charge in [0.25, 0.3) is 0 Å². The molecule has 0 radical (unpaired) electrons. The summed E-state index contributed by atoms with van der Waals surface area (Å²) in [5, 5.41) is 6.33. The van der Waals surface area contributed by atoms with Crippen LogP contribution in [-0.2, 0) is 4.79 Å². The number of imide groups is 1. The standard InChI is InChI=1S/C4H9N3O.C3H5N3O2/c1-3(2)6-7-4(5)8;4-6-1-2(7)5-3(6)8/h1-2H3,(H3,5,7,8);1,4H2,(H,5,7,8). The van der Waals surface area contributed by atoms with Crippen molar-refractivity contribution in [1.82, 2.24) is 15.8 Å². The Hall–Kier alpha value is -2.16. The SMILES string of the molecule is CC(C)=NNC(N)=O.NN1CC(=O)NC1=O. The van der Waals surface area contributed by atoms with Gasteiger partial charge in [-0.1, -0.05) is 0 Å². The fourth-order valence-corrected chi connectivity index (χ4v) is 0.624. The molecule has 1 aliphatic heterocycles. The van der Waals surface area contributed by atoms with Gasteiger partial charge in [-0.2, -0.15) is 5.10 Å². The van der Waals surface area contributed by atoms with Gasteiger partial charge in [0, 0.05) is 5.71 Å². The largest absolute Gasteiger partial charge is 0.350 e. The molecule has 5 amide bonds. The quantitative estimate of drug-likeness (QED) is 0.142. The number of carbonyl (C=O) groups excluding carboxylic acids is 3. The predicted molar refractivity (Wildman–Crippen MR) is 55.9 cm³/mol. The Morgan fingerprint density at radius 2 is 2.06 bits per heavy atom. The van der Waals surface area contributed by atoms with Crippen LogP contribution in [0.4, 0.5) is 9.59 Å². The van der Waals surface area contributed by atoms with Crippen LogP contribution in [0.25, 0.3) is 0 Å². The van der Waals surface area contributed by atoms with E-state index in [1.807, 2.05) is 5.32 Å². The van der Waals surface area contributed by atoms with E-state index in [1.54, 1.807) is 13.8 Å². The van der Waals surface area contributed by atoms with Gasteiger partial charge in [-0.05, 0) is 13.8 Å². The number of primary amides is 1. The highest BCUT2D eigenvalue weighted by molar-refractivity contribution is 6.01. The van der Waals surface area contributed by atoms with Crippen molar-refractivity contribution in [1.29, 1.82) is 0 Å². The highest BCUT2D eigenvalue weighted by Crippen LogP contribution is 1.87. The molecule has 1 heterocycles. The summed E-state index contributed by atoms with van der Waals surface area (Å²) in [6.45, 7) is 3.49. The van der Waals surface area contributed by atoms with Crippen LogP contribution in [0.15, 0.2) is 5.10 Å². The van der Waals surface area contributed by atoms with Crippen LogP contribution < -0.4 is 22.3 Å². The molecule has 0 unspecified atom stereocenters. The fraction of sp³-hybridized carbons (Fsp3) is 0.429. The van der Waals surface area contributed by atoms with Gasteiger partial charge in [-0.3, -0.25) is 15.1 Å². The lowest BCUT2D eigenvalue weighted by Gasteiger charge is -1.99. The minimum atomic E-state index is -0.633. The highest BCUT2D eigenvalue weighted by atomic mass is 16.2. The van der Waals surface area contributed by atoms with Gasteiger partial charge in [0.15, 0.2) is 0 Å². The number of hydrazine groups is 1. The van der Waals surface area contributed by atoms with Crippen molar-refractivity contribution in [3.05, 3.63) is 0 Å². The summed E-state index contributed by atoms with van der Waals surface area (Å²) in [5.74, 6) is 4.62. The molecule has 0 aliphatic carbocycles. The van der Waals surface area contributed by atoms with Gasteiger partial charge in [0.2, 0.25) is 5.91 Å². The number of nitrogens with one attached hydrogen (secondary N) is 2. The minimum absolute atomic E-state index is 0.0289. The third-order valence-corrected chi connectivity index (χ3v) is 1.21. The number of urea groups is 2. The summed E-state index contributed by atoms with van der Waals surface area (Å²) in [5.41, 5.74) is 7.52. The molecule has 0 aromatic heterocycles. The molecule has 1 aliphatic rings. The molecule has 0 aromatic carbocycles. The van der Waals surface area contributed by atoms with Crippen molar-refractivity contribution in [2.24, 2.45) is 16.7 Å². The van der Waals surface area contributed by atoms with Crippen molar-refractivity contribution in [2.45, 2.75) is 13.8 Å². The lowest BCUT2D eigenvalue weighted by molar-refractivity contribution is -0.118. The number of rotatable bonds is 1. The average Bonchev–Trinajstić information content (AvgIpc) is 2.42. The first kappa shape index (κ1) is 13.8. The van der Waals surface area contributed by atoms with Crippen LogP contribution in [0, 0.1) is 0 Å². The Bertz CT molecular complexity index is 322. The highest BCUT2D eigenvalue weighted by Gasteiger charge is 2.22. The molecule has 6 N–H and O–H groups in total. The monoisotopic (exact) mass is 230 g/mol. The number of nitrogens with two attached hydrogens (primary N) is 2. The molecule has 0 bridgehead atoms. The number of hydrogen-bond acceptors (Lipinski definition) is 5. The van der Waals surface area contributed by atoms with E-state index in [4.69, 9.17) is 5.84 Å². The van der Waals surface area contributed by atoms with Crippen LogP contribution in [0.2, 0.25) is 0 Å². The molecule has 16 heavy (non-hydrogen) atoms. The third kappa shape index (κ3) is 6.32. The van der Waals surface area contributed by atoms with E-state index in [2.05, 4.69) is 16.3 Å². The van der Waals surface area contributed by atoms with E-state index in [-0.39, 0.29) is 12.5 Å². The Kier molecular flexibility index (Phi) is 5.49. The summed E-state index contributed by atoms with van der Waals surface area (Å²) in [6, 6.07) is -1.17. The van der Waals surface area contributed by atoms with Gasteiger partial charge < -0.3 is 5.73 Å². The zero-order chi connectivity index (χ0) is 12.7. The fourth-order valence-electron chi connectivity index (χ4n) is 0.624. The van der Waals surface area contributed by atoms with Gasteiger partial charge >= 0.3 is 12.1 Å². The zero-order valence-corrected chi connectivity index (χ0v) is 8.98. The van der Waals surface area contributed by atoms with Crippen LogP contribution >= 0.6 is 0 Å². The molecule has 1 rings (SSSR count). The second-order valence-corrected chi connectivity index (χ2v) is 3.02. The third-order valence-electron chi connectivity index (χ3n) is 1.21. The van der Waals surface area contributed by atoms with Crippen LogP contribution in [0.3, 0.4) is 0 Å². The van der Waals surface area contributed by atoms with Gasteiger partial charge in [0.05, 0.1) is 0 Å². The maximum absolute atomic E-state index is 10.3. The van der Waals surface area contributed by atoms with Gasteiger partial charge in [-0.15, -0.1) is 0 Å². The Labute approximate surface area is 91.8 Å². The van der Waals surface area contributed by atoms with Crippen LogP contribution in [0.5, 0.6) is 0 Å². The maximum atomic E-state index is 10.3.